The summed E-state index contributed by atoms with van der Waals surface area (Å²) in [5, 5.41) is 2.92. The van der Waals surface area contributed by atoms with Crippen LogP contribution in [0, 0.1) is 6.92 Å². The van der Waals surface area contributed by atoms with Gasteiger partial charge in [0, 0.05) is 24.5 Å². The van der Waals surface area contributed by atoms with Gasteiger partial charge in [-0.25, -0.2) is 0 Å². The average molecular weight is 368 g/mol. The van der Waals surface area contributed by atoms with Crippen molar-refractivity contribution in [3.8, 4) is 11.5 Å². The van der Waals surface area contributed by atoms with E-state index in [4.69, 9.17) is 9.47 Å². The van der Waals surface area contributed by atoms with Gasteiger partial charge in [0.05, 0.1) is 7.11 Å². The monoisotopic (exact) mass is 368 g/mol. The van der Waals surface area contributed by atoms with E-state index in [-0.39, 0.29) is 5.91 Å². The fourth-order valence-corrected chi connectivity index (χ4v) is 3.27. The molecule has 27 heavy (non-hydrogen) atoms. The van der Waals surface area contributed by atoms with Gasteiger partial charge in [0.15, 0.2) is 17.6 Å². The maximum atomic E-state index is 12.5. The molecule has 0 unspecified atom stereocenters. The molecule has 2 aromatic carbocycles. The van der Waals surface area contributed by atoms with Gasteiger partial charge in [-0.15, -0.1) is 0 Å². The zero-order chi connectivity index (χ0) is 19.2. The number of aryl methyl sites for hydroxylation is 1. The Balaban J connectivity index is 1.59. The van der Waals surface area contributed by atoms with E-state index in [1.807, 2.05) is 37.3 Å². The minimum absolute atomic E-state index is 0.191. The van der Waals surface area contributed by atoms with Crippen molar-refractivity contribution in [2.75, 3.05) is 30.4 Å². The number of hydrogen-bond acceptors (Lipinski definition) is 4. The van der Waals surface area contributed by atoms with E-state index in [2.05, 4.69) is 22.3 Å². The fraction of sp³-hybridized carbons (Fsp3) is 0.409. The fourth-order valence-electron chi connectivity index (χ4n) is 3.27. The molecule has 5 nitrogen and oxygen atoms in total. The largest absolute Gasteiger partial charge is 0.493 e. The van der Waals surface area contributed by atoms with Crippen LogP contribution in [0.25, 0.3) is 0 Å². The first kappa shape index (κ1) is 19.1. The first-order valence-electron chi connectivity index (χ1n) is 9.54. The Bertz CT molecular complexity index is 768. The van der Waals surface area contributed by atoms with Crippen molar-refractivity contribution < 1.29 is 14.3 Å². The van der Waals surface area contributed by atoms with Crippen LogP contribution in [0.5, 0.6) is 11.5 Å². The number of nitrogens with zero attached hydrogens (tertiary/aromatic N) is 1. The summed E-state index contributed by atoms with van der Waals surface area (Å²) in [6.07, 6.45) is 3.17. The molecule has 0 aliphatic carbocycles. The number of benzene rings is 2. The highest BCUT2D eigenvalue weighted by molar-refractivity contribution is 5.94. The average Bonchev–Trinajstić information content (AvgIpc) is 2.70. The highest BCUT2D eigenvalue weighted by Crippen LogP contribution is 2.29. The number of anilines is 2. The molecule has 3 rings (SSSR count). The Labute approximate surface area is 161 Å². The molecule has 1 fully saturated rings. The van der Waals surface area contributed by atoms with Crippen LogP contribution in [-0.4, -0.2) is 32.2 Å². The predicted molar refractivity (Wildman–Crippen MR) is 109 cm³/mol. The molecule has 0 bridgehead atoms. The summed E-state index contributed by atoms with van der Waals surface area (Å²) in [6.45, 7) is 5.93. The molecule has 1 aliphatic heterocycles. The Morgan fingerprint density at radius 3 is 2.41 bits per heavy atom. The van der Waals surface area contributed by atoms with Crippen LogP contribution in [0.15, 0.2) is 42.5 Å². The predicted octanol–water partition coefficient (Wildman–Crippen LogP) is 4.40. The van der Waals surface area contributed by atoms with E-state index in [1.54, 1.807) is 14.0 Å². The number of methoxy groups -OCH3 is 1. The van der Waals surface area contributed by atoms with E-state index in [9.17, 15) is 4.79 Å². The van der Waals surface area contributed by atoms with E-state index < -0.39 is 6.10 Å². The summed E-state index contributed by atoms with van der Waals surface area (Å²) in [4.78, 5) is 14.9. The molecule has 0 radical (unpaired) electrons. The lowest BCUT2D eigenvalue weighted by atomic mass is 10.1. The Morgan fingerprint density at radius 2 is 1.74 bits per heavy atom. The molecule has 144 valence electrons. The van der Waals surface area contributed by atoms with Gasteiger partial charge < -0.3 is 19.7 Å². The first-order chi connectivity index (χ1) is 13.1. The lowest BCUT2D eigenvalue weighted by Gasteiger charge is -2.28. The molecule has 1 aliphatic rings. The standard InChI is InChI=1S/C22H28N2O3/c1-16-7-12-20(21(15-16)26-3)27-17(2)22(25)23-18-8-10-19(11-9-18)24-13-5-4-6-14-24/h7-12,15,17H,4-6,13-14H2,1-3H3,(H,23,25)/t17-/m1/s1. The van der Waals surface area contributed by atoms with Gasteiger partial charge in [0.1, 0.15) is 0 Å². The first-order valence-corrected chi connectivity index (χ1v) is 9.54. The van der Waals surface area contributed by atoms with E-state index in [0.29, 0.717) is 11.5 Å². The van der Waals surface area contributed by atoms with Crippen molar-refractivity contribution in [1.82, 2.24) is 0 Å². The van der Waals surface area contributed by atoms with Crippen molar-refractivity contribution in [2.24, 2.45) is 0 Å². The van der Waals surface area contributed by atoms with Crippen LogP contribution in [0.3, 0.4) is 0 Å². The molecule has 1 N–H and O–H groups in total. The zero-order valence-corrected chi connectivity index (χ0v) is 16.3. The third-order valence-corrected chi connectivity index (χ3v) is 4.85. The number of hydrogen-bond donors (Lipinski definition) is 1. The van der Waals surface area contributed by atoms with Crippen molar-refractivity contribution in [3.63, 3.8) is 0 Å². The number of nitrogens with one attached hydrogen (secondary N) is 1. The summed E-state index contributed by atoms with van der Waals surface area (Å²) in [5.74, 6) is 0.995. The number of carbonyl (C=O) groups is 1. The summed E-state index contributed by atoms with van der Waals surface area (Å²) in [5.41, 5.74) is 3.05. The van der Waals surface area contributed by atoms with Crippen LogP contribution in [-0.2, 0) is 4.79 Å². The van der Waals surface area contributed by atoms with E-state index >= 15 is 0 Å². The summed E-state index contributed by atoms with van der Waals surface area (Å²) < 4.78 is 11.1. The molecule has 0 aromatic heterocycles. The van der Waals surface area contributed by atoms with Crippen LogP contribution in [0.2, 0.25) is 0 Å². The second kappa shape index (κ2) is 8.80. The van der Waals surface area contributed by atoms with E-state index in [0.717, 1.165) is 24.3 Å². The smallest absolute Gasteiger partial charge is 0.265 e. The quantitative estimate of drug-likeness (QED) is 0.821. The van der Waals surface area contributed by atoms with Crippen LogP contribution < -0.4 is 19.7 Å². The molecule has 0 spiro atoms. The molecule has 1 atom stereocenters. The van der Waals surface area contributed by atoms with Gasteiger partial charge in [-0.3, -0.25) is 4.79 Å². The van der Waals surface area contributed by atoms with Crippen molar-refractivity contribution in [2.45, 2.75) is 39.2 Å². The summed E-state index contributed by atoms with van der Waals surface area (Å²) in [7, 11) is 1.59. The molecule has 2 aromatic rings. The summed E-state index contributed by atoms with van der Waals surface area (Å²) in [6, 6.07) is 13.7. The normalized spacial score (nSPS) is 15.1. The van der Waals surface area contributed by atoms with Gasteiger partial charge in [-0.1, -0.05) is 6.07 Å². The number of carbonyl (C=O) groups excluding carboxylic acids is 1. The lowest BCUT2D eigenvalue weighted by Crippen LogP contribution is -2.30. The van der Waals surface area contributed by atoms with Crippen LogP contribution in [0.1, 0.15) is 31.7 Å². The van der Waals surface area contributed by atoms with Gasteiger partial charge >= 0.3 is 0 Å². The minimum Gasteiger partial charge on any atom is -0.493 e. The van der Waals surface area contributed by atoms with Crippen LogP contribution >= 0.6 is 0 Å². The maximum absolute atomic E-state index is 12.5. The van der Waals surface area contributed by atoms with Crippen molar-refractivity contribution >= 4 is 17.3 Å². The number of rotatable bonds is 6. The number of amides is 1. The van der Waals surface area contributed by atoms with Crippen LogP contribution in [0.4, 0.5) is 11.4 Å². The van der Waals surface area contributed by atoms with Gasteiger partial charge in [0.2, 0.25) is 0 Å². The van der Waals surface area contributed by atoms with Gasteiger partial charge in [-0.05, 0) is 75.1 Å². The molecular weight excluding hydrogens is 340 g/mol. The number of piperidine rings is 1. The van der Waals surface area contributed by atoms with Crippen molar-refractivity contribution in [3.05, 3.63) is 48.0 Å². The third-order valence-electron chi connectivity index (χ3n) is 4.85. The second-order valence-corrected chi connectivity index (χ2v) is 7.00. The zero-order valence-electron chi connectivity index (χ0n) is 16.3. The maximum Gasteiger partial charge on any atom is 0.265 e. The highest BCUT2D eigenvalue weighted by atomic mass is 16.5. The molecule has 1 saturated heterocycles. The molecular formula is C22H28N2O3. The summed E-state index contributed by atoms with van der Waals surface area (Å²) >= 11 is 0. The van der Waals surface area contributed by atoms with Gasteiger partial charge in [0.25, 0.3) is 5.91 Å². The third kappa shape index (κ3) is 4.94. The SMILES string of the molecule is COc1cc(C)ccc1O[C@H](C)C(=O)Nc1ccc(N2CCCCC2)cc1. The lowest BCUT2D eigenvalue weighted by molar-refractivity contribution is -0.122. The molecule has 0 saturated carbocycles. The topological polar surface area (TPSA) is 50.8 Å². The number of ether oxygens (including phenoxy) is 2. The Morgan fingerprint density at radius 1 is 1.04 bits per heavy atom. The minimum atomic E-state index is -0.636. The molecule has 5 heteroatoms. The van der Waals surface area contributed by atoms with Gasteiger partial charge in [-0.2, -0.15) is 0 Å². The molecule has 1 amide bonds. The highest BCUT2D eigenvalue weighted by Gasteiger charge is 2.17. The Hall–Kier alpha value is -2.69. The van der Waals surface area contributed by atoms with Crippen molar-refractivity contribution in [1.29, 1.82) is 0 Å². The second-order valence-electron chi connectivity index (χ2n) is 7.00. The Kier molecular flexibility index (Phi) is 6.22. The molecule has 1 heterocycles. The van der Waals surface area contributed by atoms with E-state index in [1.165, 1.54) is 24.9 Å².